The Bertz CT molecular complexity index is 1180. The highest BCUT2D eigenvalue weighted by atomic mass is 16.1. The van der Waals surface area contributed by atoms with Crippen LogP contribution in [0, 0.1) is 6.92 Å². The van der Waals surface area contributed by atoms with Crippen molar-refractivity contribution in [3.8, 4) is 11.3 Å². The SMILES string of the molecule is CCc1ccc(NC(=O)c2cccc(Nc3ccc(-c4cccc(C)c4)nn3)c2)cc1. The Labute approximate surface area is 182 Å². The van der Waals surface area contributed by atoms with E-state index in [4.69, 9.17) is 0 Å². The van der Waals surface area contributed by atoms with Gasteiger partial charge in [0.1, 0.15) is 0 Å². The molecule has 1 amide bonds. The lowest BCUT2D eigenvalue weighted by Gasteiger charge is -2.09. The molecule has 0 unspecified atom stereocenters. The van der Waals surface area contributed by atoms with Crippen molar-refractivity contribution in [3.05, 3.63) is 102 Å². The van der Waals surface area contributed by atoms with Gasteiger partial charge in [0.05, 0.1) is 5.69 Å². The van der Waals surface area contributed by atoms with Crippen LogP contribution in [-0.2, 0) is 6.42 Å². The third kappa shape index (κ3) is 5.14. The van der Waals surface area contributed by atoms with Crippen molar-refractivity contribution in [2.45, 2.75) is 20.3 Å². The number of amides is 1. The minimum Gasteiger partial charge on any atom is -0.339 e. The first-order valence-corrected chi connectivity index (χ1v) is 10.3. The quantitative estimate of drug-likeness (QED) is 0.410. The van der Waals surface area contributed by atoms with Gasteiger partial charge in [-0.25, -0.2) is 0 Å². The van der Waals surface area contributed by atoms with Crippen LogP contribution in [0.3, 0.4) is 0 Å². The molecule has 0 aliphatic rings. The molecule has 5 heteroatoms. The van der Waals surface area contributed by atoms with E-state index in [2.05, 4.69) is 46.8 Å². The van der Waals surface area contributed by atoms with Gasteiger partial charge in [0.2, 0.25) is 0 Å². The lowest BCUT2D eigenvalue weighted by molar-refractivity contribution is 0.102. The zero-order valence-corrected chi connectivity index (χ0v) is 17.6. The monoisotopic (exact) mass is 408 g/mol. The van der Waals surface area contributed by atoms with E-state index in [0.717, 1.165) is 29.1 Å². The average molecular weight is 409 g/mol. The average Bonchev–Trinajstić information content (AvgIpc) is 2.80. The Kier molecular flexibility index (Phi) is 6.03. The van der Waals surface area contributed by atoms with E-state index in [1.54, 1.807) is 12.1 Å². The number of aryl methyl sites for hydroxylation is 2. The fourth-order valence-electron chi connectivity index (χ4n) is 3.27. The fraction of sp³-hybridized carbons (Fsp3) is 0.115. The molecule has 0 saturated carbocycles. The molecule has 4 aromatic rings. The van der Waals surface area contributed by atoms with Crippen molar-refractivity contribution < 1.29 is 4.79 Å². The van der Waals surface area contributed by atoms with Crippen LogP contribution in [0.4, 0.5) is 17.2 Å². The Balaban J connectivity index is 1.44. The first-order chi connectivity index (χ1) is 15.1. The Morgan fingerprint density at radius 3 is 2.35 bits per heavy atom. The van der Waals surface area contributed by atoms with Gasteiger partial charge in [-0.1, -0.05) is 48.9 Å². The lowest BCUT2D eigenvalue weighted by atomic mass is 10.1. The number of anilines is 3. The predicted molar refractivity (Wildman–Crippen MR) is 126 cm³/mol. The van der Waals surface area contributed by atoms with Crippen molar-refractivity contribution in [2.75, 3.05) is 10.6 Å². The van der Waals surface area contributed by atoms with Crippen LogP contribution in [0.2, 0.25) is 0 Å². The molecule has 1 aromatic heterocycles. The van der Waals surface area contributed by atoms with Gasteiger partial charge in [-0.15, -0.1) is 10.2 Å². The molecule has 2 N–H and O–H groups in total. The van der Waals surface area contributed by atoms with E-state index in [0.29, 0.717) is 11.4 Å². The summed E-state index contributed by atoms with van der Waals surface area (Å²) in [6, 6.07) is 27.2. The third-order valence-electron chi connectivity index (χ3n) is 5.00. The maximum Gasteiger partial charge on any atom is 0.255 e. The van der Waals surface area contributed by atoms with Gasteiger partial charge in [0, 0.05) is 22.5 Å². The molecule has 3 aromatic carbocycles. The maximum absolute atomic E-state index is 12.6. The van der Waals surface area contributed by atoms with Gasteiger partial charge in [-0.2, -0.15) is 0 Å². The van der Waals surface area contributed by atoms with Crippen molar-refractivity contribution in [2.24, 2.45) is 0 Å². The number of carbonyl (C=O) groups is 1. The second kappa shape index (κ2) is 9.22. The van der Waals surface area contributed by atoms with Crippen LogP contribution in [0.15, 0.2) is 84.9 Å². The molecular formula is C26H24N4O. The van der Waals surface area contributed by atoms with Crippen molar-refractivity contribution >= 4 is 23.1 Å². The normalized spacial score (nSPS) is 10.5. The summed E-state index contributed by atoms with van der Waals surface area (Å²) in [4.78, 5) is 12.6. The van der Waals surface area contributed by atoms with Gasteiger partial charge < -0.3 is 10.6 Å². The van der Waals surface area contributed by atoms with Crippen molar-refractivity contribution in [3.63, 3.8) is 0 Å². The van der Waals surface area contributed by atoms with Crippen LogP contribution < -0.4 is 10.6 Å². The van der Waals surface area contributed by atoms with Crippen LogP contribution in [-0.4, -0.2) is 16.1 Å². The molecule has 0 bridgehead atoms. The number of hydrogen-bond acceptors (Lipinski definition) is 4. The second-order valence-electron chi connectivity index (χ2n) is 7.38. The zero-order chi connectivity index (χ0) is 21.6. The second-order valence-corrected chi connectivity index (χ2v) is 7.38. The number of nitrogens with one attached hydrogen (secondary N) is 2. The number of nitrogens with zero attached hydrogens (tertiary/aromatic N) is 2. The Morgan fingerprint density at radius 2 is 1.65 bits per heavy atom. The molecule has 0 fully saturated rings. The number of aromatic nitrogens is 2. The minimum absolute atomic E-state index is 0.159. The summed E-state index contributed by atoms with van der Waals surface area (Å²) < 4.78 is 0. The first-order valence-electron chi connectivity index (χ1n) is 10.3. The highest BCUT2D eigenvalue weighted by molar-refractivity contribution is 6.04. The molecular weight excluding hydrogens is 384 g/mol. The fourth-order valence-corrected chi connectivity index (χ4v) is 3.27. The molecule has 0 aliphatic carbocycles. The summed E-state index contributed by atoms with van der Waals surface area (Å²) >= 11 is 0. The largest absolute Gasteiger partial charge is 0.339 e. The highest BCUT2D eigenvalue weighted by Crippen LogP contribution is 2.21. The smallest absolute Gasteiger partial charge is 0.255 e. The summed E-state index contributed by atoms with van der Waals surface area (Å²) in [5.74, 6) is 0.456. The molecule has 154 valence electrons. The van der Waals surface area contributed by atoms with E-state index in [9.17, 15) is 4.79 Å². The van der Waals surface area contributed by atoms with Crippen LogP contribution in [0.5, 0.6) is 0 Å². The van der Waals surface area contributed by atoms with E-state index in [1.807, 2.05) is 60.7 Å². The van der Waals surface area contributed by atoms with Gasteiger partial charge >= 0.3 is 0 Å². The molecule has 0 atom stereocenters. The maximum atomic E-state index is 12.6. The molecule has 0 aliphatic heterocycles. The molecule has 0 saturated heterocycles. The van der Waals surface area contributed by atoms with Crippen LogP contribution >= 0.6 is 0 Å². The molecule has 31 heavy (non-hydrogen) atoms. The van der Waals surface area contributed by atoms with Crippen molar-refractivity contribution in [1.82, 2.24) is 10.2 Å². The summed E-state index contributed by atoms with van der Waals surface area (Å²) in [6.45, 7) is 4.16. The van der Waals surface area contributed by atoms with E-state index in [-0.39, 0.29) is 5.91 Å². The van der Waals surface area contributed by atoms with E-state index in [1.165, 1.54) is 11.1 Å². The number of carbonyl (C=O) groups excluding carboxylic acids is 1. The summed E-state index contributed by atoms with van der Waals surface area (Å²) in [5.41, 5.74) is 6.37. The number of hydrogen-bond donors (Lipinski definition) is 2. The predicted octanol–water partition coefficient (Wildman–Crippen LogP) is 6.01. The van der Waals surface area contributed by atoms with Crippen molar-refractivity contribution in [1.29, 1.82) is 0 Å². The standard InChI is InChI=1S/C26H24N4O/c1-3-19-10-12-22(13-11-19)28-26(31)21-8-5-9-23(17-21)27-25-15-14-24(29-30-25)20-7-4-6-18(2)16-20/h4-17H,3H2,1-2H3,(H,27,30)(H,28,31). The van der Waals surface area contributed by atoms with E-state index < -0.39 is 0 Å². The summed E-state index contributed by atoms with van der Waals surface area (Å²) in [6.07, 6.45) is 0.969. The molecule has 1 heterocycles. The van der Waals surface area contributed by atoms with Crippen LogP contribution in [0.1, 0.15) is 28.4 Å². The van der Waals surface area contributed by atoms with Crippen LogP contribution in [0.25, 0.3) is 11.3 Å². The van der Waals surface area contributed by atoms with Gasteiger partial charge in [0.25, 0.3) is 5.91 Å². The molecule has 0 radical (unpaired) electrons. The van der Waals surface area contributed by atoms with E-state index >= 15 is 0 Å². The third-order valence-corrected chi connectivity index (χ3v) is 5.00. The lowest BCUT2D eigenvalue weighted by Crippen LogP contribution is -2.12. The molecule has 4 rings (SSSR count). The highest BCUT2D eigenvalue weighted by Gasteiger charge is 2.08. The molecule has 5 nitrogen and oxygen atoms in total. The molecule has 0 spiro atoms. The zero-order valence-electron chi connectivity index (χ0n) is 17.6. The van der Waals surface area contributed by atoms with Gasteiger partial charge in [0.15, 0.2) is 5.82 Å². The Morgan fingerprint density at radius 1 is 0.839 bits per heavy atom. The van der Waals surface area contributed by atoms with Gasteiger partial charge in [-0.05, 0) is 67.4 Å². The Hall–Kier alpha value is -3.99. The summed E-state index contributed by atoms with van der Waals surface area (Å²) in [7, 11) is 0. The summed E-state index contributed by atoms with van der Waals surface area (Å²) in [5, 5.41) is 14.7. The number of benzene rings is 3. The topological polar surface area (TPSA) is 66.9 Å². The first kappa shape index (κ1) is 20.3. The minimum atomic E-state index is -0.159. The number of rotatable bonds is 6. The van der Waals surface area contributed by atoms with Gasteiger partial charge in [-0.3, -0.25) is 4.79 Å².